The van der Waals surface area contributed by atoms with E-state index in [9.17, 15) is 14.4 Å². The normalized spacial score (nSPS) is 13.1. The standard InChI is InChI=1S/C18H17BrN2O4S/c1-10(22)21-7-6-13-14(9-21)26-17(15(13)18(24)25-2)20-16(23)11-4-3-5-12(19)8-11/h3-5,8H,6-7,9H2,1-2H3,(H,20,23). The summed E-state index contributed by atoms with van der Waals surface area (Å²) in [7, 11) is 1.32. The molecule has 3 rings (SSSR count). The Morgan fingerprint density at radius 1 is 1.31 bits per heavy atom. The highest BCUT2D eigenvalue weighted by atomic mass is 79.9. The number of hydrogen-bond donors (Lipinski definition) is 1. The lowest BCUT2D eigenvalue weighted by atomic mass is 10.0. The number of carbonyl (C=O) groups excluding carboxylic acids is 3. The Morgan fingerprint density at radius 3 is 2.73 bits per heavy atom. The summed E-state index contributed by atoms with van der Waals surface area (Å²) in [5.41, 5.74) is 1.72. The van der Waals surface area contributed by atoms with Crippen LogP contribution in [-0.4, -0.2) is 36.3 Å². The number of ether oxygens (including phenoxy) is 1. The second-order valence-corrected chi connectivity index (χ2v) is 7.88. The van der Waals surface area contributed by atoms with Crippen LogP contribution in [0.3, 0.4) is 0 Å². The minimum atomic E-state index is -0.483. The second kappa shape index (κ2) is 7.59. The van der Waals surface area contributed by atoms with E-state index in [4.69, 9.17) is 4.74 Å². The predicted octanol–water partition coefficient (Wildman–Crippen LogP) is 3.45. The lowest BCUT2D eigenvalue weighted by Crippen LogP contribution is -2.33. The molecule has 8 heteroatoms. The van der Waals surface area contributed by atoms with E-state index in [1.54, 1.807) is 23.1 Å². The molecule has 136 valence electrons. The molecule has 2 aromatic rings. The first-order valence-corrected chi connectivity index (χ1v) is 9.57. The van der Waals surface area contributed by atoms with Crippen molar-refractivity contribution in [1.29, 1.82) is 0 Å². The Kier molecular flexibility index (Phi) is 5.43. The molecule has 0 unspecified atom stereocenters. The van der Waals surface area contributed by atoms with Gasteiger partial charge >= 0.3 is 5.97 Å². The summed E-state index contributed by atoms with van der Waals surface area (Å²) in [4.78, 5) is 39.1. The average molecular weight is 437 g/mol. The highest BCUT2D eigenvalue weighted by molar-refractivity contribution is 9.10. The molecular formula is C18H17BrN2O4S. The lowest BCUT2D eigenvalue weighted by Gasteiger charge is -2.25. The molecule has 2 amide bonds. The molecule has 1 aromatic carbocycles. The van der Waals surface area contributed by atoms with Crippen molar-refractivity contribution >= 4 is 50.1 Å². The largest absolute Gasteiger partial charge is 0.465 e. The van der Waals surface area contributed by atoms with Gasteiger partial charge in [0.25, 0.3) is 5.91 Å². The number of anilines is 1. The number of esters is 1. The van der Waals surface area contributed by atoms with Crippen LogP contribution in [0.2, 0.25) is 0 Å². The first kappa shape index (κ1) is 18.6. The van der Waals surface area contributed by atoms with Crippen molar-refractivity contribution in [3.05, 3.63) is 50.3 Å². The van der Waals surface area contributed by atoms with Crippen molar-refractivity contribution in [2.45, 2.75) is 19.9 Å². The van der Waals surface area contributed by atoms with Gasteiger partial charge in [-0.05, 0) is 30.2 Å². The minimum Gasteiger partial charge on any atom is -0.465 e. The van der Waals surface area contributed by atoms with Gasteiger partial charge in [-0.1, -0.05) is 22.0 Å². The molecule has 0 bridgehead atoms. The lowest BCUT2D eigenvalue weighted by molar-refractivity contribution is -0.129. The zero-order valence-electron chi connectivity index (χ0n) is 14.3. The molecule has 0 spiro atoms. The fraction of sp³-hybridized carbons (Fsp3) is 0.278. The quantitative estimate of drug-likeness (QED) is 0.747. The Labute approximate surface area is 163 Å². The van der Waals surface area contributed by atoms with Gasteiger partial charge in [-0.15, -0.1) is 11.3 Å². The van der Waals surface area contributed by atoms with Gasteiger partial charge in [0.05, 0.1) is 19.2 Å². The molecular weight excluding hydrogens is 420 g/mol. The molecule has 1 aromatic heterocycles. The molecule has 26 heavy (non-hydrogen) atoms. The first-order chi connectivity index (χ1) is 12.4. The van der Waals surface area contributed by atoms with E-state index in [2.05, 4.69) is 21.2 Å². The van der Waals surface area contributed by atoms with Gasteiger partial charge < -0.3 is 15.0 Å². The van der Waals surface area contributed by atoms with Crippen LogP contribution >= 0.6 is 27.3 Å². The zero-order valence-corrected chi connectivity index (χ0v) is 16.7. The molecule has 6 nitrogen and oxygen atoms in total. The van der Waals surface area contributed by atoms with Crippen LogP contribution in [0.5, 0.6) is 0 Å². The molecule has 0 saturated carbocycles. The molecule has 0 saturated heterocycles. The van der Waals surface area contributed by atoms with Crippen molar-refractivity contribution in [2.24, 2.45) is 0 Å². The van der Waals surface area contributed by atoms with E-state index in [1.165, 1.54) is 25.4 Å². The number of nitrogens with one attached hydrogen (secondary N) is 1. The third-order valence-corrected chi connectivity index (χ3v) is 5.83. The van der Waals surface area contributed by atoms with E-state index in [0.717, 1.165) is 14.9 Å². The molecule has 0 atom stereocenters. The SMILES string of the molecule is COC(=O)c1c(NC(=O)c2cccc(Br)c2)sc2c1CCN(C(C)=O)C2. The summed E-state index contributed by atoms with van der Waals surface area (Å²) in [5, 5.41) is 3.28. The summed E-state index contributed by atoms with van der Waals surface area (Å²) in [5.74, 6) is -0.801. The molecule has 0 radical (unpaired) electrons. The number of nitrogens with zero attached hydrogens (tertiary/aromatic N) is 1. The Morgan fingerprint density at radius 2 is 2.08 bits per heavy atom. The highest BCUT2D eigenvalue weighted by Crippen LogP contribution is 2.38. The summed E-state index contributed by atoms with van der Waals surface area (Å²) in [6, 6.07) is 7.00. The second-order valence-electron chi connectivity index (χ2n) is 5.85. The van der Waals surface area contributed by atoms with Crippen LogP contribution in [0.25, 0.3) is 0 Å². The Bertz CT molecular complexity index is 893. The van der Waals surface area contributed by atoms with E-state index >= 15 is 0 Å². The van der Waals surface area contributed by atoms with E-state index in [1.807, 2.05) is 6.07 Å². The van der Waals surface area contributed by atoms with Gasteiger partial charge in [0.1, 0.15) is 5.00 Å². The van der Waals surface area contributed by atoms with Crippen LogP contribution in [0.15, 0.2) is 28.7 Å². The van der Waals surface area contributed by atoms with Crippen molar-refractivity contribution in [3.63, 3.8) is 0 Å². The molecule has 1 N–H and O–H groups in total. The monoisotopic (exact) mass is 436 g/mol. The van der Waals surface area contributed by atoms with Gasteiger partial charge in [-0.2, -0.15) is 0 Å². The molecule has 0 fully saturated rings. The smallest absolute Gasteiger partial charge is 0.341 e. The van der Waals surface area contributed by atoms with Gasteiger partial charge in [-0.3, -0.25) is 9.59 Å². The zero-order chi connectivity index (χ0) is 18.8. The van der Waals surface area contributed by atoms with Crippen LogP contribution in [0.4, 0.5) is 5.00 Å². The van der Waals surface area contributed by atoms with Gasteiger partial charge in [0.15, 0.2) is 0 Å². The van der Waals surface area contributed by atoms with Crippen LogP contribution < -0.4 is 5.32 Å². The molecule has 1 aliphatic heterocycles. The number of halogens is 1. The molecule has 1 aliphatic rings. The van der Waals surface area contributed by atoms with Crippen molar-refractivity contribution in [1.82, 2.24) is 4.90 Å². The topological polar surface area (TPSA) is 75.7 Å². The number of benzene rings is 1. The number of methoxy groups -OCH3 is 1. The number of carbonyl (C=O) groups is 3. The van der Waals surface area contributed by atoms with Crippen LogP contribution in [0.1, 0.15) is 38.1 Å². The first-order valence-electron chi connectivity index (χ1n) is 7.96. The summed E-state index contributed by atoms with van der Waals surface area (Å²) in [6.07, 6.45) is 0.558. The van der Waals surface area contributed by atoms with Crippen molar-refractivity contribution in [2.75, 3.05) is 19.0 Å². The Balaban J connectivity index is 1.95. The summed E-state index contributed by atoms with van der Waals surface area (Å²) < 4.78 is 5.70. The average Bonchev–Trinajstić information content (AvgIpc) is 2.97. The summed E-state index contributed by atoms with van der Waals surface area (Å²) in [6.45, 7) is 2.50. The maximum Gasteiger partial charge on any atom is 0.341 e. The van der Waals surface area contributed by atoms with E-state index in [-0.39, 0.29) is 11.8 Å². The van der Waals surface area contributed by atoms with E-state index in [0.29, 0.717) is 35.6 Å². The summed E-state index contributed by atoms with van der Waals surface area (Å²) >= 11 is 4.66. The Hall–Kier alpha value is -2.19. The molecule has 0 aliphatic carbocycles. The fourth-order valence-electron chi connectivity index (χ4n) is 2.88. The fourth-order valence-corrected chi connectivity index (χ4v) is 4.53. The van der Waals surface area contributed by atoms with E-state index < -0.39 is 5.97 Å². The third kappa shape index (κ3) is 3.66. The number of hydrogen-bond acceptors (Lipinski definition) is 5. The minimum absolute atomic E-state index is 0.0108. The maximum atomic E-state index is 12.6. The number of thiophene rings is 1. The van der Waals surface area contributed by atoms with Crippen LogP contribution in [0, 0.1) is 0 Å². The van der Waals surface area contributed by atoms with Gasteiger partial charge in [-0.25, -0.2) is 4.79 Å². The maximum absolute atomic E-state index is 12.6. The van der Waals surface area contributed by atoms with Gasteiger partial charge in [0.2, 0.25) is 5.91 Å². The number of fused-ring (bicyclic) bond motifs is 1. The van der Waals surface area contributed by atoms with Crippen molar-refractivity contribution < 1.29 is 19.1 Å². The predicted molar refractivity (Wildman–Crippen MR) is 103 cm³/mol. The number of rotatable bonds is 3. The third-order valence-electron chi connectivity index (χ3n) is 4.21. The number of amides is 2. The molecule has 2 heterocycles. The van der Waals surface area contributed by atoms with Crippen LogP contribution in [-0.2, 0) is 22.5 Å². The van der Waals surface area contributed by atoms with Gasteiger partial charge in [0, 0.05) is 28.4 Å². The van der Waals surface area contributed by atoms with Crippen molar-refractivity contribution in [3.8, 4) is 0 Å². The highest BCUT2D eigenvalue weighted by Gasteiger charge is 2.30.